The predicted molar refractivity (Wildman–Crippen MR) is 69.6 cm³/mol. The average molecular weight is 266 g/mol. The molecule has 6 nitrogen and oxygen atoms in total. The number of nitrogens with two attached hydrogens (primary N) is 1. The number of aliphatic hydroxyl groups excluding tert-OH is 2. The van der Waals surface area contributed by atoms with Gasteiger partial charge in [0, 0.05) is 24.3 Å². The standard InChI is InChI=1S/C13H18N2O4/c14-13(18)12(17)11(16)9-3-1-2-4-10(9)15-5-7-19-8-6-15/h1-4,11-12,16-17H,5-8H2,(H2,14,18). The Hall–Kier alpha value is -1.63. The topological polar surface area (TPSA) is 96.0 Å². The number of anilines is 1. The lowest BCUT2D eigenvalue weighted by molar-refractivity contribution is -0.131. The Morgan fingerprint density at radius 3 is 2.53 bits per heavy atom. The number of carbonyl (C=O) groups is 1. The van der Waals surface area contributed by atoms with Crippen molar-refractivity contribution >= 4 is 11.6 Å². The van der Waals surface area contributed by atoms with Crippen molar-refractivity contribution in [3.05, 3.63) is 29.8 Å². The number of rotatable bonds is 4. The number of carbonyl (C=O) groups excluding carboxylic acids is 1. The first-order chi connectivity index (χ1) is 9.11. The minimum absolute atomic E-state index is 0.496. The van der Waals surface area contributed by atoms with Gasteiger partial charge in [0.1, 0.15) is 6.10 Å². The number of para-hydroxylation sites is 1. The zero-order chi connectivity index (χ0) is 13.8. The zero-order valence-electron chi connectivity index (χ0n) is 10.5. The predicted octanol–water partition coefficient (Wildman–Crippen LogP) is -0.597. The summed E-state index contributed by atoms with van der Waals surface area (Å²) in [6, 6.07) is 7.12. The van der Waals surface area contributed by atoms with Crippen LogP contribution in [0.15, 0.2) is 24.3 Å². The van der Waals surface area contributed by atoms with Crippen molar-refractivity contribution < 1.29 is 19.7 Å². The summed E-state index contributed by atoms with van der Waals surface area (Å²) in [4.78, 5) is 13.0. The van der Waals surface area contributed by atoms with E-state index in [1.807, 2.05) is 12.1 Å². The third-order valence-corrected chi connectivity index (χ3v) is 3.20. The molecule has 2 atom stereocenters. The molecule has 0 aromatic heterocycles. The van der Waals surface area contributed by atoms with E-state index in [1.54, 1.807) is 12.1 Å². The number of benzene rings is 1. The number of aliphatic hydroxyl groups is 2. The van der Waals surface area contributed by atoms with E-state index in [0.717, 1.165) is 5.69 Å². The van der Waals surface area contributed by atoms with Crippen molar-refractivity contribution in [3.63, 3.8) is 0 Å². The van der Waals surface area contributed by atoms with E-state index in [1.165, 1.54) is 0 Å². The molecule has 1 aliphatic rings. The molecule has 1 heterocycles. The number of hydrogen-bond donors (Lipinski definition) is 3. The molecule has 1 amide bonds. The minimum Gasteiger partial charge on any atom is -0.385 e. The number of hydrogen-bond acceptors (Lipinski definition) is 5. The Bertz CT molecular complexity index is 446. The van der Waals surface area contributed by atoms with E-state index in [0.29, 0.717) is 31.9 Å². The Morgan fingerprint density at radius 1 is 1.26 bits per heavy atom. The van der Waals surface area contributed by atoms with Gasteiger partial charge in [-0.1, -0.05) is 18.2 Å². The molecule has 0 aliphatic carbocycles. The molecular weight excluding hydrogens is 248 g/mol. The third-order valence-electron chi connectivity index (χ3n) is 3.20. The summed E-state index contributed by atoms with van der Waals surface area (Å²) in [6.07, 6.45) is -2.93. The lowest BCUT2D eigenvalue weighted by atomic mass is 10.0. The van der Waals surface area contributed by atoms with Crippen LogP contribution in [0.2, 0.25) is 0 Å². The lowest BCUT2D eigenvalue weighted by Gasteiger charge is -2.32. The maximum absolute atomic E-state index is 11.0. The highest BCUT2D eigenvalue weighted by Gasteiger charge is 2.27. The number of morpholine rings is 1. The second-order valence-electron chi connectivity index (χ2n) is 4.45. The van der Waals surface area contributed by atoms with Gasteiger partial charge in [-0.15, -0.1) is 0 Å². The van der Waals surface area contributed by atoms with Crippen molar-refractivity contribution in [3.8, 4) is 0 Å². The van der Waals surface area contributed by atoms with Crippen LogP contribution in [0.1, 0.15) is 11.7 Å². The third kappa shape index (κ3) is 3.04. The first-order valence-corrected chi connectivity index (χ1v) is 6.18. The van der Waals surface area contributed by atoms with Gasteiger partial charge in [-0.2, -0.15) is 0 Å². The summed E-state index contributed by atoms with van der Waals surface area (Å²) in [7, 11) is 0. The van der Waals surface area contributed by atoms with Crippen LogP contribution in [0.4, 0.5) is 5.69 Å². The molecule has 1 aromatic carbocycles. The number of amides is 1. The first-order valence-electron chi connectivity index (χ1n) is 6.18. The van der Waals surface area contributed by atoms with Crippen molar-refractivity contribution in [2.75, 3.05) is 31.2 Å². The normalized spacial score (nSPS) is 18.9. The van der Waals surface area contributed by atoms with Gasteiger partial charge >= 0.3 is 0 Å². The first kappa shape index (κ1) is 13.8. The van der Waals surface area contributed by atoms with Crippen LogP contribution < -0.4 is 10.6 Å². The molecular formula is C13H18N2O4. The fourth-order valence-corrected chi connectivity index (χ4v) is 2.16. The summed E-state index contributed by atoms with van der Waals surface area (Å²) >= 11 is 0. The number of primary amides is 1. The van der Waals surface area contributed by atoms with E-state index in [9.17, 15) is 15.0 Å². The van der Waals surface area contributed by atoms with Gasteiger partial charge in [-0.3, -0.25) is 4.79 Å². The second-order valence-corrected chi connectivity index (χ2v) is 4.45. The molecule has 1 aromatic rings. The van der Waals surface area contributed by atoms with Crippen LogP contribution in [0.25, 0.3) is 0 Å². The fraction of sp³-hybridized carbons (Fsp3) is 0.462. The van der Waals surface area contributed by atoms with Crippen LogP contribution in [0.3, 0.4) is 0 Å². The van der Waals surface area contributed by atoms with Crippen molar-refractivity contribution in [2.24, 2.45) is 5.73 Å². The van der Waals surface area contributed by atoms with Crippen LogP contribution in [0.5, 0.6) is 0 Å². The molecule has 0 bridgehead atoms. The van der Waals surface area contributed by atoms with Crippen LogP contribution in [0, 0.1) is 0 Å². The van der Waals surface area contributed by atoms with Gasteiger partial charge in [0.25, 0.3) is 0 Å². The number of nitrogens with zero attached hydrogens (tertiary/aromatic N) is 1. The van der Waals surface area contributed by atoms with Crippen molar-refractivity contribution in [2.45, 2.75) is 12.2 Å². The summed E-state index contributed by atoms with van der Waals surface area (Å²) in [5.74, 6) is -0.940. The van der Waals surface area contributed by atoms with Crippen molar-refractivity contribution in [1.82, 2.24) is 0 Å². The molecule has 0 radical (unpaired) electrons. The van der Waals surface area contributed by atoms with E-state index in [4.69, 9.17) is 10.5 Å². The van der Waals surface area contributed by atoms with E-state index in [2.05, 4.69) is 4.90 Å². The molecule has 2 rings (SSSR count). The SMILES string of the molecule is NC(=O)C(O)C(O)c1ccccc1N1CCOCC1. The molecule has 1 saturated heterocycles. The Labute approximate surface area is 111 Å². The summed E-state index contributed by atoms with van der Waals surface area (Å²) in [5, 5.41) is 19.7. The molecule has 0 spiro atoms. The zero-order valence-corrected chi connectivity index (χ0v) is 10.5. The van der Waals surface area contributed by atoms with Gasteiger partial charge in [-0.25, -0.2) is 0 Å². The molecule has 104 valence electrons. The lowest BCUT2D eigenvalue weighted by Crippen LogP contribution is -2.38. The second kappa shape index (κ2) is 6.01. The molecule has 1 aliphatic heterocycles. The highest BCUT2D eigenvalue weighted by Crippen LogP contribution is 2.28. The Morgan fingerprint density at radius 2 is 1.89 bits per heavy atom. The molecule has 19 heavy (non-hydrogen) atoms. The average Bonchev–Trinajstić information content (AvgIpc) is 2.46. The van der Waals surface area contributed by atoms with Gasteiger partial charge < -0.3 is 25.6 Å². The molecule has 2 unspecified atom stereocenters. The monoisotopic (exact) mass is 266 g/mol. The summed E-state index contributed by atoms with van der Waals surface area (Å²) in [6.45, 7) is 2.64. The van der Waals surface area contributed by atoms with Crippen LogP contribution >= 0.6 is 0 Å². The molecule has 4 N–H and O–H groups in total. The minimum atomic E-state index is -1.61. The fourth-order valence-electron chi connectivity index (χ4n) is 2.16. The smallest absolute Gasteiger partial charge is 0.249 e. The Kier molecular flexibility index (Phi) is 4.36. The van der Waals surface area contributed by atoms with Gasteiger partial charge in [0.15, 0.2) is 6.10 Å². The van der Waals surface area contributed by atoms with Crippen LogP contribution in [-0.4, -0.2) is 48.5 Å². The molecule has 1 fully saturated rings. The summed E-state index contributed by atoms with van der Waals surface area (Å²) in [5.41, 5.74) is 6.31. The summed E-state index contributed by atoms with van der Waals surface area (Å²) < 4.78 is 5.28. The molecule has 0 saturated carbocycles. The quantitative estimate of drug-likeness (QED) is 0.676. The van der Waals surface area contributed by atoms with Gasteiger partial charge in [0.05, 0.1) is 13.2 Å². The van der Waals surface area contributed by atoms with Crippen LogP contribution in [-0.2, 0) is 9.53 Å². The molecule has 6 heteroatoms. The van der Waals surface area contributed by atoms with Gasteiger partial charge in [0.2, 0.25) is 5.91 Å². The largest absolute Gasteiger partial charge is 0.385 e. The maximum atomic E-state index is 11.0. The Balaban J connectivity index is 2.27. The van der Waals surface area contributed by atoms with E-state index < -0.39 is 18.1 Å². The highest BCUT2D eigenvalue weighted by molar-refractivity contribution is 5.80. The van der Waals surface area contributed by atoms with E-state index >= 15 is 0 Å². The van der Waals surface area contributed by atoms with E-state index in [-0.39, 0.29) is 0 Å². The number of ether oxygens (including phenoxy) is 1. The van der Waals surface area contributed by atoms with Gasteiger partial charge in [-0.05, 0) is 6.07 Å². The maximum Gasteiger partial charge on any atom is 0.249 e. The van der Waals surface area contributed by atoms with Crippen molar-refractivity contribution in [1.29, 1.82) is 0 Å². The highest BCUT2D eigenvalue weighted by atomic mass is 16.5.